The van der Waals surface area contributed by atoms with E-state index in [1.54, 1.807) is 0 Å². The molecule has 0 aliphatic rings. The minimum atomic E-state index is -3.72. The van der Waals surface area contributed by atoms with Crippen LogP contribution < -0.4 is 6.15 Å². The zero-order valence-corrected chi connectivity index (χ0v) is 19.1. The van der Waals surface area contributed by atoms with Crippen molar-refractivity contribution in [3.05, 3.63) is 132 Å². The van der Waals surface area contributed by atoms with E-state index in [1.807, 2.05) is 72.8 Å². The number of benzene rings is 4. The van der Waals surface area contributed by atoms with Gasteiger partial charge in [-0.2, -0.15) is 0 Å². The van der Waals surface area contributed by atoms with Crippen LogP contribution in [-0.2, 0) is 8.87 Å². The van der Waals surface area contributed by atoms with Gasteiger partial charge in [-0.25, -0.2) is 0 Å². The second-order valence-corrected chi connectivity index (χ2v) is 15.4. The van der Waals surface area contributed by atoms with Crippen molar-refractivity contribution in [1.82, 2.24) is 0 Å². The molecule has 0 bridgehead atoms. The Bertz CT molecular complexity index is 818. The van der Waals surface area contributed by atoms with E-state index in [9.17, 15) is 0 Å². The van der Waals surface area contributed by atoms with Gasteiger partial charge in [0, 0.05) is 0 Å². The van der Waals surface area contributed by atoms with Crippen LogP contribution >= 0.6 is 0 Å². The molecule has 0 aliphatic heterocycles. The first-order valence-corrected chi connectivity index (χ1v) is 16.2. The Labute approximate surface area is 177 Å². The van der Waals surface area contributed by atoms with Crippen LogP contribution in [0.25, 0.3) is 0 Å². The number of rotatable bonds is 8. The van der Waals surface area contributed by atoms with Crippen molar-refractivity contribution in [1.29, 1.82) is 0 Å². The fourth-order valence-electron chi connectivity index (χ4n) is 3.45. The SMILES string of the molecule is c1ccc([CH2][Sn]([CH2]c2ccccc2)([O]c2ccccc2)[O]c2ccccc2)cc1. The summed E-state index contributed by atoms with van der Waals surface area (Å²) >= 11 is -3.72. The summed E-state index contributed by atoms with van der Waals surface area (Å²) in [4.78, 5) is 0. The molecule has 4 aromatic carbocycles. The zero-order valence-electron chi connectivity index (χ0n) is 16.3. The molecular formula is C26H24O2Sn. The van der Waals surface area contributed by atoms with Crippen molar-refractivity contribution >= 4 is 19.2 Å². The van der Waals surface area contributed by atoms with Gasteiger partial charge in [0.15, 0.2) is 0 Å². The molecule has 29 heavy (non-hydrogen) atoms. The van der Waals surface area contributed by atoms with E-state index in [0.717, 1.165) is 20.4 Å². The third-order valence-electron chi connectivity index (χ3n) is 4.73. The van der Waals surface area contributed by atoms with Gasteiger partial charge in [0.2, 0.25) is 0 Å². The Morgan fingerprint density at radius 3 is 1.07 bits per heavy atom. The molecular weight excluding hydrogens is 463 g/mol. The summed E-state index contributed by atoms with van der Waals surface area (Å²) in [6.45, 7) is 0. The topological polar surface area (TPSA) is 18.5 Å². The van der Waals surface area contributed by atoms with Crippen LogP contribution in [0.3, 0.4) is 0 Å². The molecule has 4 aromatic rings. The number of hydrogen-bond donors (Lipinski definition) is 0. The Morgan fingerprint density at radius 1 is 0.414 bits per heavy atom. The van der Waals surface area contributed by atoms with Crippen molar-refractivity contribution < 1.29 is 6.15 Å². The maximum absolute atomic E-state index is 6.80. The fraction of sp³-hybridized carbons (Fsp3) is 0.0769. The Hall–Kier alpha value is -2.72. The standard InChI is InChI=1S/2C7H7.2C6H6O.Sn/c2*1-7-5-3-2-4-6-7;2*7-6-4-2-1-3-5-6;/h2*2-6H,1H2;2*1-5,7H;/q;;;;+2/p-2. The second-order valence-electron chi connectivity index (χ2n) is 7.07. The molecule has 0 radical (unpaired) electrons. The fourth-order valence-corrected chi connectivity index (χ4v) is 12.9. The molecule has 0 spiro atoms. The maximum atomic E-state index is 6.80. The minimum absolute atomic E-state index is 0.828. The zero-order chi connectivity index (χ0) is 19.8. The summed E-state index contributed by atoms with van der Waals surface area (Å²) in [5, 5.41) is 0. The van der Waals surface area contributed by atoms with Gasteiger partial charge in [-0.1, -0.05) is 0 Å². The van der Waals surface area contributed by atoms with Gasteiger partial charge in [0.05, 0.1) is 0 Å². The molecule has 0 saturated carbocycles. The third-order valence-corrected chi connectivity index (χ3v) is 13.6. The Balaban J connectivity index is 1.75. The average molecular weight is 487 g/mol. The molecule has 4 rings (SSSR count). The summed E-state index contributed by atoms with van der Waals surface area (Å²) in [6.07, 6.45) is 0. The first-order chi connectivity index (χ1) is 14.3. The molecule has 3 heteroatoms. The van der Waals surface area contributed by atoms with Crippen LogP contribution in [0.1, 0.15) is 11.1 Å². The monoisotopic (exact) mass is 488 g/mol. The molecule has 0 N–H and O–H groups in total. The van der Waals surface area contributed by atoms with E-state index < -0.39 is 19.2 Å². The first-order valence-electron chi connectivity index (χ1n) is 9.87. The molecule has 0 aromatic heterocycles. The molecule has 0 unspecified atom stereocenters. The summed E-state index contributed by atoms with van der Waals surface area (Å²) in [5.74, 6) is 1.76. The summed E-state index contributed by atoms with van der Waals surface area (Å²) in [6, 6.07) is 41.3. The van der Waals surface area contributed by atoms with Gasteiger partial charge in [-0.05, 0) is 0 Å². The quantitative estimate of drug-likeness (QED) is 0.278. The second kappa shape index (κ2) is 9.66. The molecule has 0 fully saturated rings. The normalized spacial score (nSPS) is 11.0. The molecule has 144 valence electrons. The molecule has 0 saturated heterocycles. The van der Waals surface area contributed by atoms with Gasteiger partial charge >= 0.3 is 178 Å². The molecule has 0 amide bonds. The molecule has 2 nitrogen and oxygen atoms in total. The van der Waals surface area contributed by atoms with Gasteiger partial charge < -0.3 is 0 Å². The van der Waals surface area contributed by atoms with Crippen LogP contribution in [0.5, 0.6) is 11.5 Å². The molecule has 0 atom stereocenters. The van der Waals surface area contributed by atoms with Gasteiger partial charge in [0.25, 0.3) is 0 Å². The average Bonchev–Trinajstić information content (AvgIpc) is 2.76. The van der Waals surface area contributed by atoms with Gasteiger partial charge in [-0.15, -0.1) is 0 Å². The van der Waals surface area contributed by atoms with Crippen molar-refractivity contribution in [3.8, 4) is 11.5 Å². The van der Waals surface area contributed by atoms with Crippen LogP contribution in [-0.4, -0.2) is 19.2 Å². The third kappa shape index (κ3) is 5.64. The summed E-state index contributed by atoms with van der Waals surface area (Å²) in [7, 11) is 0. The number of para-hydroxylation sites is 2. The van der Waals surface area contributed by atoms with Crippen molar-refractivity contribution in [3.63, 3.8) is 0 Å². The van der Waals surface area contributed by atoms with Gasteiger partial charge in [0.1, 0.15) is 0 Å². The predicted octanol–water partition coefficient (Wildman–Crippen LogP) is 6.15. The summed E-state index contributed by atoms with van der Waals surface area (Å²) in [5.41, 5.74) is 2.51. The van der Waals surface area contributed by atoms with Crippen molar-refractivity contribution in [2.45, 2.75) is 8.87 Å². The van der Waals surface area contributed by atoms with E-state index in [0.29, 0.717) is 0 Å². The predicted molar refractivity (Wildman–Crippen MR) is 120 cm³/mol. The van der Waals surface area contributed by atoms with Gasteiger partial charge in [-0.3, -0.25) is 0 Å². The Morgan fingerprint density at radius 2 is 0.724 bits per heavy atom. The van der Waals surface area contributed by atoms with Crippen LogP contribution in [0.2, 0.25) is 0 Å². The van der Waals surface area contributed by atoms with E-state index in [-0.39, 0.29) is 0 Å². The van der Waals surface area contributed by atoms with Crippen LogP contribution in [0.4, 0.5) is 0 Å². The van der Waals surface area contributed by atoms with E-state index in [2.05, 4.69) is 48.5 Å². The first kappa shape index (κ1) is 19.6. The van der Waals surface area contributed by atoms with Crippen LogP contribution in [0, 0.1) is 0 Å². The molecule has 0 aliphatic carbocycles. The van der Waals surface area contributed by atoms with Crippen molar-refractivity contribution in [2.24, 2.45) is 0 Å². The number of hydrogen-bond acceptors (Lipinski definition) is 2. The van der Waals surface area contributed by atoms with E-state index >= 15 is 0 Å². The van der Waals surface area contributed by atoms with E-state index in [1.165, 1.54) is 11.1 Å². The van der Waals surface area contributed by atoms with E-state index in [4.69, 9.17) is 6.15 Å². The van der Waals surface area contributed by atoms with Crippen LogP contribution in [0.15, 0.2) is 121 Å². The van der Waals surface area contributed by atoms with Crippen molar-refractivity contribution in [2.75, 3.05) is 0 Å². The Kier molecular flexibility index (Phi) is 6.52. The summed E-state index contributed by atoms with van der Waals surface area (Å²) < 4.78 is 15.3. The molecule has 0 heterocycles.